The number of aryl methyl sites for hydroxylation is 1. The number of fused-ring (bicyclic) bond motifs is 1. The Morgan fingerprint density at radius 2 is 1.79 bits per heavy atom. The van der Waals surface area contributed by atoms with E-state index in [0.29, 0.717) is 0 Å². The summed E-state index contributed by atoms with van der Waals surface area (Å²) in [5.74, 6) is -0.528. The normalized spacial score (nSPS) is 12.7. The van der Waals surface area contributed by atoms with E-state index in [0.717, 1.165) is 15.7 Å². The summed E-state index contributed by atoms with van der Waals surface area (Å²) in [7, 11) is 0. The lowest BCUT2D eigenvalue weighted by molar-refractivity contribution is -0.142. The van der Waals surface area contributed by atoms with E-state index < -0.39 is 29.4 Å². The number of carbonyl (C=O) groups excluding carboxylic acids is 1. The average Bonchev–Trinajstić information content (AvgIpc) is 2.68. The first-order valence-electron chi connectivity index (χ1n) is 9.14. The fraction of sp³-hybridized carbons (Fsp3) is 0.286. The monoisotopic (exact) mass is 403 g/mol. The van der Waals surface area contributed by atoms with Crippen LogP contribution in [0, 0.1) is 6.92 Å². The minimum atomic E-state index is -4.92. The largest absolute Gasteiger partial charge is 0.438 e. The second kappa shape index (κ2) is 8.06. The van der Waals surface area contributed by atoms with Gasteiger partial charge in [0.25, 0.3) is 5.56 Å². The molecule has 1 aromatic heterocycles. The molecule has 152 valence electrons. The molecule has 3 aromatic rings. The van der Waals surface area contributed by atoms with Crippen LogP contribution in [0.2, 0.25) is 0 Å². The third kappa shape index (κ3) is 4.31. The van der Waals surface area contributed by atoms with Gasteiger partial charge >= 0.3 is 6.18 Å². The Morgan fingerprint density at radius 1 is 1.14 bits per heavy atom. The van der Waals surface area contributed by atoms with Crippen LogP contribution in [0.25, 0.3) is 11.0 Å². The average molecular weight is 403 g/mol. The number of amides is 1. The topological polar surface area (TPSA) is 64.0 Å². The third-order valence-corrected chi connectivity index (χ3v) is 4.65. The van der Waals surface area contributed by atoms with Crippen LogP contribution in [0.4, 0.5) is 13.2 Å². The summed E-state index contributed by atoms with van der Waals surface area (Å²) in [6.45, 7) is 3.79. The lowest BCUT2D eigenvalue weighted by Crippen LogP contribution is -2.39. The Bertz CT molecular complexity index is 1090. The van der Waals surface area contributed by atoms with Gasteiger partial charge in [0.15, 0.2) is 0 Å². The molecule has 0 aliphatic heterocycles. The molecule has 1 amide bonds. The molecule has 8 heteroatoms. The number of rotatable bonds is 5. The highest BCUT2D eigenvalue weighted by molar-refractivity contribution is 5.83. The number of aromatic nitrogens is 2. The molecule has 0 radical (unpaired) electrons. The molecule has 5 nitrogen and oxygen atoms in total. The first-order valence-corrected chi connectivity index (χ1v) is 9.14. The van der Waals surface area contributed by atoms with Crippen LogP contribution >= 0.6 is 0 Å². The summed E-state index contributed by atoms with van der Waals surface area (Å²) < 4.78 is 41.0. The van der Waals surface area contributed by atoms with E-state index >= 15 is 0 Å². The van der Waals surface area contributed by atoms with E-state index in [4.69, 9.17) is 0 Å². The smallest absolute Gasteiger partial charge is 0.350 e. The van der Waals surface area contributed by atoms with E-state index in [1.165, 1.54) is 18.2 Å². The van der Waals surface area contributed by atoms with Crippen molar-refractivity contribution in [2.45, 2.75) is 39.0 Å². The number of nitrogens with one attached hydrogen (secondary N) is 1. The zero-order valence-electron chi connectivity index (χ0n) is 16.0. The van der Waals surface area contributed by atoms with E-state index in [2.05, 4.69) is 10.3 Å². The maximum absolute atomic E-state index is 13.4. The van der Waals surface area contributed by atoms with Crippen LogP contribution in [0.5, 0.6) is 0 Å². The number of benzene rings is 2. The van der Waals surface area contributed by atoms with Crippen LogP contribution < -0.4 is 10.9 Å². The minimum Gasteiger partial charge on any atom is -0.350 e. The van der Waals surface area contributed by atoms with Gasteiger partial charge in [0.2, 0.25) is 11.6 Å². The lowest BCUT2D eigenvalue weighted by atomic mass is 10.1. The Kier molecular flexibility index (Phi) is 5.72. The van der Waals surface area contributed by atoms with Crippen molar-refractivity contribution in [2.75, 3.05) is 0 Å². The molecule has 0 bridgehead atoms. The fourth-order valence-corrected chi connectivity index (χ4v) is 3.15. The number of hydrogen-bond acceptors (Lipinski definition) is 3. The molecular weight excluding hydrogens is 383 g/mol. The van der Waals surface area contributed by atoms with E-state index in [-0.39, 0.29) is 24.0 Å². The Labute approximate surface area is 165 Å². The van der Waals surface area contributed by atoms with Gasteiger partial charge in [-0.2, -0.15) is 13.2 Å². The van der Waals surface area contributed by atoms with E-state index in [1.807, 2.05) is 31.2 Å². The van der Waals surface area contributed by atoms with Crippen LogP contribution in [-0.2, 0) is 17.5 Å². The van der Waals surface area contributed by atoms with Crippen LogP contribution in [0.15, 0.2) is 53.3 Å². The number of nitrogens with zero attached hydrogens (tertiary/aromatic N) is 2. The standard InChI is InChI=1S/C21H20F3N3O2/c1-3-16(19(28)25-12-14-10-8-13(2)9-11-14)27-17-7-5-4-6-15(17)26-18(20(27)29)21(22,23)24/h4-11,16H,3,12H2,1-2H3,(H,25,28). The summed E-state index contributed by atoms with van der Waals surface area (Å²) in [4.78, 5) is 28.9. The highest BCUT2D eigenvalue weighted by Gasteiger charge is 2.38. The predicted molar refractivity (Wildman–Crippen MR) is 103 cm³/mol. The molecule has 1 atom stereocenters. The molecule has 1 N–H and O–H groups in total. The molecule has 0 spiro atoms. The Morgan fingerprint density at radius 3 is 2.41 bits per heavy atom. The van der Waals surface area contributed by atoms with Gasteiger partial charge in [0.05, 0.1) is 11.0 Å². The van der Waals surface area contributed by atoms with E-state index in [1.54, 1.807) is 13.0 Å². The second-order valence-electron chi connectivity index (χ2n) is 6.75. The fourth-order valence-electron chi connectivity index (χ4n) is 3.15. The number of para-hydroxylation sites is 2. The number of halogens is 3. The first-order chi connectivity index (χ1) is 13.7. The summed E-state index contributed by atoms with van der Waals surface area (Å²) >= 11 is 0. The Hall–Kier alpha value is -3.16. The highest BCUT2D eigenvalue weighted by atomic mass is 19.4. The molecule has 1 unspecified atom stereocenters. The molecule has 0 aliphatic rings. The quantitative estimate of drug-likeness (QED) is 0.701. The molecule has 29 heavy (non-hydrogen) atoms. The van der Waals surface area contributed by atoms with Gasteiger partial charge in [-0.15, -0.1) is 0 Å². The van der Waals surface area contributed by atoms with Crippen molar-refractivity contribution in [2.24, 2.45) is 0 Å². The third-order valence-electron chi connectivity index (χ3n) is 4.65. The molecule has 2 aromatic carbocycles. The zero-order chi connectivity index (χ0) is 21.2. The maximum Gasteiger partial charge on any atom is 0.438 e. The molecule has 3 rings (SSSR count). The van der Waals surface area contributed by atoms with Crippen molar-refractivity contribution in [1.82, 2.24) is 14.9 Å². The molecule has 0 aliphatic carbocycles. The predicted octanol–water partition coefficient (Wildman–Crippen LogP) is 3.99. The van der Waals surface area contributed by atoms with Gasteiger partial charge in [-0.05, 0) is 31.0 Å². The molecule has 1 heterocycles. The SMILES string of the molecule is CCC(C(=O)NCc1ccc(C)cc1)n1c(=O)c(C(F)(F)F)nc2ccccc21. The van der Waals surface area contributed by atoms with Crippen molar-refractivity contribution in [3.8, 4) is 0 Å². The number of carbonyl (C=O) groups is 1. The molecular formula is C21H20F3N3O2. The van der Waals surface area contributed by atoms with Crippen molar-refractivity contribution in [3.63, 3.8) is 0 Å². The zero-order valence-corrected chi connectivity index (χ0v) is 16.0. The Balaban J connectivity index is 2.01. The summed E-state index contributed by atoms with van der Waals surface area (Å²) in [6.07, 6.45) is -4.77. The van der Waals surface area contributed by atoms with Crippen molar-refractivity contribution >= 4 is 16.9 Å². The van der Waals surface area contributed by atoms with Gasteiger partial charge < -0.3 is 5.32 Å². The summed E-state index contributed by atoms with van der Waals surface area (Å²) in [5, 5.41) is 2.72. The number of hydrogen-bond donors (Lipinski definition) is 1. The summed E-state index contributed by atoms with van der Waals surface area (Å²) in [5.41, 5.74) is -0.746. The van der Waals surface area contributed by atoms with Gasteiger partial charge in [0, 0.05) is 6.54 Å². The minimum absolute atomic E-state index is 0.00390. The lowest BCUT2D eigenvalue weighted by Gasteiger charge is -2.21. The van der Waals surface area contributed by atoms with Crippen LogP contribution in [0.1, 0.15) is 36.2 Å². The molecule has 0 saturated heterocycles. The van der Waals surface area contributed by atoms with Crippen LogP contribution in [0.3, 0.4) is 0 Å². The first kappa shape index (κ1) is 20.6. The van der Waals surface area contributed by atoms with Gasteiger partial charge in [-0.3, -0.25) is 14.2 Å². The van der Waals surface area contributed by atoms with Crippen molar-refractivity contribution in [1.29, 1.82) is 0 Å². The maximum atomic E-state index is 13.4. The van der Waals surface area contributed by atoms with Gasteiger partial charge in [-0.1, -0.05) is 48.9 Å². The van der Waals surface area contributed by atoms with Crippen molar-refractivity contribution in [3.05, 3.63) is 75.7 Å². The van der Waals surface area contributed by atoms with E-state index in [9.17, 15) is 22.8 Å². The second-order valence-corrected chi connectivity index (χ2v) is 6.75. The number of alkyl halides is 3. The summed E-state index contributed by atoms with van der Waals surface area (Å²) in [6, 6.07) is 12.4. The van der Waals surface area contributed by atoms with Gasteiger partial charge in [-0.25, -0.2) is 4.98 Å². The molecule has 0 saturated carbocycles. The van der Waals surface area contributed by atoms with Gasteiger partial charge in [0.1, 0.15) is 6.04 Å². The highest BCUT2D eigenvalue weighted by Crippen LogP contribution is 2.27. The van der Waals surface area contributed by atoms with Crippen LogP contribution in [-0.4, -0.2) is 15.5 Å². The molecule has 0 fully saturated rings. The van der Waals surface area contributed by atoms with Crippen molar-refractivity contribution < 1.29 is 18.0 Å².